The van der Waals surface area contributed by atoms with Gasteiger partial charge < -0.3 is 4.74 Å². The fourth-order valence-corrected chi connectivity index (χ4v) is 2.86. The fraction of sp³-hybridized carbons (Fsp3) is 0.385. The number of rotatable bonds is 2. The van der Waals surface area contributed by atoms with Crippen LogP contribution in [-0.4, -0.2) is 28.9 Å². The number of halogens is 2. The number of fused-ring (bicyclic) bond motifs is 2. The summed E-state index contributed by atoms with van der Waals surface area (Å²) in [5.74, 6) is -1.15. The molecule has 3 rings (SSSR count). The molecule has 19 heavy (non-hydrogen) atoms. The molecule has 0 spiro atoms. The highest BCUT2D eigenvalue weighted by atomic mass is 79.9. The van der Waals surface area contributed by atoms with Gasteiger partial charge in [0.05, 0.1) is 6.54 Å². The van der Waals surface area contributed by atoms with Gasteiger partial charge in [-0.15, -0.1) is 0 Å². The minimum absolute atomic E-state index is 0.0424. The smallest absolute Gasteiger partial charge is 0.258 e. The predicted octanol–water partition coefficient (Wildman–Crippen LogP) is 2.00. The summed E-state index contributed by atoms with van der Waals surface area (Å²) in [6, 6.07) is 4.46. The van der Waals surface area contributed by atoms with Gasteiger partial charge in [-0.1, -0.05) is 15.9 Å². The van der Waals surface area contributed by atoms with Crippen LogP contribution >= 0.6 is 15.9 Å². The lowest BCUT2D eigenvalue weighted by atomic mass is 10.1. The van der Waals surface area contributed by atoms with E-state index in [9.17, 15) is 14.0 Å². The Morgan fingerprint density at radius 3 is 2.53 bits per heavy atom. The van der Waals surface area contributed by atoms with Gasteiger partial charge in [-0.05, 0) is 31.0 Å². The molecule has 0 radical (unpaired) electrons. The monoisotopic (exact) mass is 327 g/mol. The second-order valence-corrected chi connectivity index (χ2v) is 5.60. The van der Waals surface area contributed by atoms with Gasteiger partial charge in [0, 0.05) is 10.0 Å². The third-order valence-corrected chi connectivity index (χ3v) is 3.93. The van der Waals surface area contributed by atoms with Crippen LogP contribution < -0.4 is 0 Å². The summed E-state index contributed by atoms with van der Waals surface area (Å²) in [5, 5.41) is 0. The van der Waals surface area contributed by atoms with Crippen molar-refractivity contribution in [3.63, 3.8) is 0 Å². The van der Waals surface area contributed by atoms with E-state index in [2.05, 4.69) is 15.9 Å². The topological polar surface area (TPSA) is 46.6 Å². The number of carbonyl (C=O) groups is 2. The lowest BCUT2D eigenvalue weighted by molar-refractivity contribution is -0.169. The average Bonchev–Trinajstić information content (AvgIpc) is 2.83. The number of carbonyl (C=O) groups excluding carboxylic acids is 2. The van der Waals surface area contributed by atoms with Crippen molar-refractivity contribution in [1.29, 1.82) is 0 Å². The molecule has 2 bridgehead atoms. The van der Waals surface area contributed by atoms with E-state index in [4.69, 9.17) is 4.74 Å². The maximum absolute atomic E-state index is 13.7. The van der Waals surface area contributed by atoms with E-state index < -0.39 is 18.0 Å². The summed E-state index contributed by atoms with van der Waals surface area (Å²) in [6.07, 6.45) is 0.0372. The molecule has 6 heteroatoms. The van der Waals surface area contributed by atoms with Gasteiger partial charge in [-0.2, -0.15) is 0 Å². The molecule has 2 amide bonds. The van der Waals surface area contributed by atoms with Crippen molar-refractivity contribution in [2.24, 2.45) is 0 Å². The number of amides is 2. The van der Waals surface area contributed by atoms with Crippen LogP contribution in [0, 0.1) is 5.82 Å². The van der Waals surface area contributed by atoms with Gasteiger partial charge in [-0.25, -0.2) is 4.39 Å². The Labute approximate surface area is 117 Å². The standard InChI is InChI=1S/C13H11BrFNO3/c14-8-1-2-9(15)7(5-8)6-16-12(17)10-3-4-11(19-10)13(16)18/h1-2,5,10-11H,3-4,6H2. The van der Waals surface area contributed by atoms with E-state index in [0.29, 0.717) is 22.9 Å². The number of nitrogens with zero attached hydrogens (tertiary/aromatic N) is 1. The molecule has 2 unspecified atom stereocenters. The second kappa shape index (κ2) is 4.68. The molecule has 1 aromatic rings. The molecule has 2 saturated heterocycles. The highest BCUT2D eigenvalue weighted by Gasteiger charge is 2.46. The molecule has 1 aromatic carbocycles. The van der Waals surface area contributed by atoms with E-state index in [1.165, 1.54) is 6.07 Å². The first-order valence-electron chi connectivity index (χ1n) is 6.01. The summed E-state index contributed by atoms with van der Waals surface area (Å²) in [6.45, 7) is -0.0424. The first kappa shape index (κ1) is 12.7. The number of hydrogen-bond acceptors (Lipinski definition) is 3. The normalized spacial score (nSPS) is 26.1. The lowest BCUT2D eigenvalue weighted by Gasteiger charge is -2.30. The molecule has 2 aliphatic heterocycles. The van der Waals surface area contributed by atoms with Crippen LogP contribution in [0.5, 0.6) is 0 Å². The molecule has 2 aliphatic rings. The van der Waals surface area contributed by atoms with E-state index in [-0.39, 0.29) is 18.4 Å². The van der Waals surface area contributed by atoms with Crippen LogP contribution in [0.1, 0.15) is 18.4 Å². The molecular weight excluding hydrogens is 317 g/mol. The summed E-state index contributed by atoms with van der Waals surface area (Å²) < 4.78 is 19.7. The molecule has 2 atom stereocenters. The van der Waals surface area contributed by atoms with Crippen LogP contribution in [0.4, 0.5) is 4.39 Å². The van der Waals surface area contributed by atoms with Crippen molar-refractivity contribution in [2.75, 3.05) is 0 Å². The third-order valence-electron chi connectivity index (χ3n) is 3.44. The van der Waals surface area contributed by atoms with Gasteiger partial charge in [0.15, 0.2) is 0 Å². The van der Waals surface area contributed by atoms with E-state index >= 15 is 0 Å². The van der Waals surface area contributed by atoms with Crippen LogP contribution in [-0.2, 0) is 20.9 Å². The number of benzene rings is 1. The highest BCUT2D eigenvalue weighted by Crippen LogP contribution is 2.30. The van der Waals surface area contributed by atoms with Crippen molar-refractivity contribution in [3.8, 4) is 0 Å². The zero-order valence-corrected chi connectivity index (χ0v) is 11.5. The molecule has 4 nitrogen and oxygen atoms in total. The Kier molecular flexibility index (Phi) is 3.14. The summed E-state index contributed by atoms with van der Waals surface area (Å²) in [7, 11) is 0. The van der Waals surface area contributed by atoms with E-state index in [1.807, 2.05) is 0 Å². The SMILES string of the molecule is O=C1C2CCC(O2)C(=O)N1Cc1cc(Br)ccc1F. The largest absolute Gasteiger partial charge is 0.355 e. The predicted molar refractivity (Wildman–Crippen MR) is 67.6 cm³/mol. The average molecular weight is 328 g/mol. The third kappa shape index (κ3) is 2.19. The molecule has 2 fully saturated rings. The fourth-order valence-electron chi connectivity index (χ4n) is 2.45. The zero-order chi connectivity index (χ0) is 13.6. The lowest BCUT2D eigenvalue weighted by Crippen LogP contribution is -2.51. The maximum atomic E-state index is 13.7. The van der Waals surface area contributed by atoms with Gasteiger partial charge in [0.2, 0.25) is 0 Å². The second-order valence-electron chi connectivity index (χ2n) is 4.69. The Morgan fingerprint density at radius 2 is 1.89 bits per heavy atom. The van der Waals surface area contributed by atoms with Gasteiger partial charge >= 0.3 is 0 Å². The van der Waals surface area contributed by atoms with Crippen molar-refractivity contribution < 1.29 is 18.7 Å². The van der Waals surface area contributed by atoms with Crippen LogP contribution in [0.2, 0.25) is 0 Å². The molecule has 0 N–H and O–H groups in total. The van der Waals surface area contributed by atoms with Crippen molar-refractivity contribution in [1.82, 2.24) is 4.90 Å². The molecular formula is C13H11BrFNO3. The van der Waals surface area contributed by atoms with E-state index in [1.54, 1.807) is 12.1 Å². The first-order chi connectivity index (χ1) is 9.06. The van der Waals surface area contributed by atoms with Crippen LogP contribution in [0.25, 0.3) is 0 Å². The Morgan fingerprint density at radius 1 is 1.26 bits per heavy atom. The number of imide groups is 1. The number of ether oxygens (including phenoxy) is 1. The molecule has 0 saturated carbocycles. The molecule has 0 aromatic heterocycles. The Bertz CT molecular complexity index is 541. The van der Waals surface area contributed by atoms with E-state index in [0.717, 1.165) is 4.90 Å². The van der Waals surface area contributed by atoms with Gasteiger partial charge in [0.1, 0.15) is 18.0 Å². The zero-order valence-electron chi connectivity index (χ0n) is 9.94. The number of likely N-dealkylation sites (tertiary alicyclic amines) is 1. The first-order valence-corrected chi connectivity index (χ1v) is 6.80. The Hall–Kier alpha value is -1.27. The molecule has 2 heterocycles. The molecule has 0 aliphatic carbocycles. The number of morpholine rings is 1. The van der Waals surface area contributed by atoms with Crippen molar-refractivity contribution in [3.05, 3.63) is 34.1 Å². The van der Waals surface area contributed by atoms with Crippen LogP contribution in [0.3, 0.4) is 0 Å². The minimum atomic E-state index is -0.544. The van der Waals surface area contributed by atoms with Gasteiger partial charge in [-0.3, -0.25) is 14.5 Å². The summed E-state index contributed by atoms with van der Waals surface area (Å²) >= 11 is 3.25. The maximum Gasteiger partial charge on any atom is 0.258 e. The number of hydrogen-bond donors (Lipinski definition) is 0. The van der Waals surface area contributed by atoms with Crippen molar-refractivity contribution >= 4 is 27.7 Å². The van der Waals surface area contributed by atoms with Crippen molar-refractivity contribution in [2.45, 2.75) is 31.6 Å². The van der Waals surface area contributed by atoms with Gasteiger partial charge in [0.25, 0.3) is 11.8 Å². The molecule has 100 valence electrons. The Balaban J connectivity index is 1.88. The summed E-state index contributed by atoms with van der Waals surface area (Å²) in [5.41, 5.74) is 0.317. The summed E-state index contributed by atoms with van der Waals surface area (Å²) in [4.78, 5) is 25.2. The highest BCUT2D eigenvalue weighted by molar-refractivity contribution is 9.10. The minimum Gasteiger partial charge on any atom is -0.355 e. The van der Waals surface area contributed by atoms with Crippen LogP contribution in [0.15, 0.2) is 22.7 Å². The quantitative estimate of drug-likeness (QED) is 0.780.